The zero-order valence-corrected chi connectivity index (χ0v) is 27.2. The molecule has 1 aliphatic carbocycles. The maximum absolute atomic E-state index is 9.02. The molecule has 1 N–H and O–H groups in total. The molecule has 0 saturated carbocycles. The van der Waals surface area contributed by atoms with Gasteiger partial charge in [0.2, 0.25) is 0 Å². The van der Waals surface area contributed by atoms with Crippen LogP contribution in [0.2, 0.25) is 0 Å². The summed E-state index contributed by atoms with van der Waals surface area (Å²) >= 11 is 0. The van der Waals surface area contributed by atoms with Crippen LogP contribution in [0, 0.1) is 5.41 Å². The third-order valence-corrected chi connectivity index (χ3v) is 7.03. The number of rotatable bonds is 13. The molecule has 41 heavy (non-hydrogen) atoms. The minimum atomic E-state index is 0.0950. The molecule has 0 unspecified atom stereocenters. The highest BCUT2D eigenvalue weighted by atomic mass is 16.3. The molecule has 0 atom stereocenters. The van der Waals surface area contributed by atoms with Gasteiger partial charge in [-0.05, 0) is 84.3 Å². The zero-order valence-electron chi connectivity index (χ0n) is 27.2. The largest absolute Gasteiger partial charge is 0.392 e. The van der Waals surface area contributed by atoms with E-state index >= 15 is 0 Å². The highest BCUT2D eigenvalue weighted by molar-refractivity contribution is 5.37. The lowest BCUT2D eigenvalue weighted by Crippen LogP contribution is -2.19. The number of aliphatic hydroxyl groups excluding tert-OH is 1. The van der Waals surface area contributed by atoms with Gasteiger partial charge in [-0.2, -0.15) is 0 Å². The number of aliphatic hydroxyl groups is 1. The van der Waals surface area contributed by atoms with E-state index < -0.39 is 0 Å². The molecular formula is C40H54O. The Labute approximate surface area is 252 Å². The van der Waals surface area contributed by atoms with E-state index in [1.165, 1.54) is 52.7 Å². The normalized spacial score (nSPS) is 19.2. The molecule has 1 nitrogen and oxygen atoms in total. The molecule has 220 valence electrons. The van der Waals surface area contributed by atoms with Gasteiger partial charge in [0.15, 0.2) is 0 Å². The van der Waals surface area contributed by atoms with Crippen LogP contribution in [0.3, 0.4) is 0 Å². The summed E-state index contributed by atoms with van der Waals surface area (Å²) in [7, 11) is 0. The Morgan fingerprint density at radius 1 is 0.610 bits per heavy atom. The zero-order chi connectivity index (χ0) is 30.7. The second-order valence-electron chi connectivity index (χ2n) is 11.8. The van der Waals surface area contributed by atoms with Gasteiger partial charge in [-0.1, -0.05) is 157 Å². The van der Waals surface area contributed by atoms with Crippen molar-refractivity contribution in [2.75, 3.05) is 6.61 Å². The molecule has 0 heterocycles. The summed E-state index contributed by atoms with van der Waals surface area (Å²) in [5.41, 5.74) is 10.3. The molecule has 1 aliphatic rings. The molecule has 0 aliphatic heterocycles. The van der Waals surface area contributed by atoms with E-state index in [9.17, 15) is 0 Å². The molecule has 0 aromatic heterocycles. The highest BCUT2D eigenvalue weighted by Gasteiger charge is 2.26. The Morgan fingerprint density at radius 2 is 1.00 bits per heavy atom. The van der Waals surface area contributed by atoms with Gasteiger partial charge >= 0.3 is 0 Å². The van der Waals surface area contributed by atoms with Crippen molar-refractivity contribution in [3.8, 4) is 0 Å². The Morgan fingerprint density at radius 3 is 1.41 bits per heavy atom. The van der Waals surface area contributed by atoms with Crippen molar-refractivity contribution < 1.29 is 5.11 Å². The average molecular weight is 551 g/mol. The highest BCUT2D eigenvalue weighted by Crippen LogP contribution is 2.40. The second-order valence-corrected chi connectivity index (χ2v) is 11.8. The maximum atomic E-state index is 9.02. The number of hydrogen-bond donors (Lipinski definition) is 1. The first-order valence-electron chi connectivity index (χ1n) is 14.8. The van der Waals surface area contributed by atoms with Gasteiger partial charge in [0, 0.05) is 0 Å². The van der Waals surface area contributed by atoms with Crippen molar-refractivity contribution in [2.24, 2.45) is 5.41 Å². The molecule has 1 heteroatoms. The molecule has 0 aromatic carbocycles. The van der Waals surface area contributed by atoms with E-state index in [0.29, 0.717) is 0 Å². The lowest BCUT2D eigenvalue weighted by atomic mass is 9.72. The van der Waals surface area contributed by atoms with Crippen molar-refractivity contribution in [1.82, 2.24) is 0 Å². The van der Waals surface area contributed by atoms with Crippen LogP contribution >= 0.6 is 0 Å². The van der Waals surface area contributed by atoms with Gasteiger partial charge < -0.3 is 5.11 Å². The molecule has 0 saturated heterocycles. The Hall–Kier alpha value is -3.42. The average Bonchev–Trinajstić information content (AvgIpc) is 2.90. The Kier molecular flexibility index (Phi) is 17.0. The van der Waals surface area contributed by atoms with Crippen molar-refractivity contribution in [2.45, 2.75) is 81.6 Å². The smallest absolute Gasteiger partial charge is 0.0642 e. The first kappa shape index (κ1) is 35.6. The summed E-state index contributed by atoms with van der Waals surface area (Å²) in [6, 6.07) is 0. The van der Waals surface area contributed by atoms with Crippen LogP contribution in [-0.4, -0.2) is 11.7 Å². The number of allylic oxidation sites excluding steroid dienone is 25. The van der Waals surface area contributed by atoms with Crippen LogP contribution in [0.15, 0.2) is 154 Å². The lowest BCUT2D eigenvalue weighted by molar-refractivity contribution is 0.331. The van der Waals surface area contributed by atoms with Crippen LogP contribution in [0.1, 0.15) is 81.6 Å². The van der Waals surface area contributed by atoms with Crippen molar-refractivity contribution in [3.63, 3.8) is 0 Å². The van der Waals surface area contributed by atoms with E-state index in [1.54, 1.807) is 0 Å². The van der Waals surface area contributed by atoms with Gasteiger partial charge in [-0.3, -0.25) is 0 Å². The predicted octanol–water partition coefficient (Wildman–Crippen LogP) is 11.5. The topological polar surface area (TPSA) is 20.2 Å². The fourth-order valence-corrected chi connectivity index (χ4v) is 4.39. The summed E-state index contributed by atoms with van der Waals surface area (Å²) in [5, 5.41) is 9.02. The first-order valence-corrected chi connectivity index (χ1v) is 14.8. The van der Waals surface area contributed by atoms with Gasteiger partial charge in [-0.25, -0.2) is 0 Å². The van der Waals surface area contributed by atoms with Crippen molar-refractivity contribution in [3.05, 3.63) is 154 Å². The van der Waals surface area contributed by atoms with Crippen LogP contribution in [-0.2, 0) is 0 Å². The van der Waals surface area contributed by atoms with E-state index in [2.05, 4.69) is 147 Å². The van der Waals surface area contributed by atoms with Crippen molar-refractivity contribution >= 4 is 0 Å². The van der Waals surface area contributed by atoms with Crippen LogP contribution in [0.4, 0.5) is 0 Å². The van der Waals surface area contributed by atoms with Crippen molar-refractivity contribution in [1.29, 1.82) is 0 Å². The molecular weight excluding hydrogens is 496 g/mol. The van der Waals surface area contributed by atoms with Crippen LogP contribution < -0.4 is 0 Å². The number of hydrogen-bond acceptors (Lipinski definition) is 1. The second kappa shape index (κ2) is 19.6. The summed E-state index contributed by atoms with van der Waals surface area (Å²) in [5.74, 6) is 0. The predicted molar refractivity (Wildman–Crippen MR) is 185 cm³/mol. The SMILES string of the molecule is CC(=C/C=C/C(C)=C/C=C/C(C)=C/C=C/C(C)=C/C=C/C=C(C)/C=C/C=C(C)/C=C/C1=C(C)CCCC1(C)C)CO. The Balaban J connectivity index is 2.60. The molecule has 0 aromatic rings. The third-order valence-electron chi connectivity index (χ3n) is 7.03. The molecule has 0 amide bonds. The quantitative estimate of drug-likeness (QED) is 0.226. The minimum absolute atomic E-state index is 0.0950. The van der Waals surface area contributed by atoms with Crippen LogP contribution in [0.5, 0.6) is 0 Å². The summed E-state index contributed by atoms with van der Waals surface area (Å²) in [6.45, 7) is 19.6. The molecule has 1 rings (SSSR count). The van der Waals surface area contributed by atoms with E-state index in [4.69, 9.17) is 5.11 Å². The fraction of sp³-hybridized carbons (Fsp3) is 0.350. The molecule has 0 fully saturated rings. The molecule has 0 radical (unpaired) electrons. The summed E-state index contributed by atoms with van der Waals surface area (Å²) < 4.78 is 0. The maximum Gasteiger partial charge on any atom is 0.0642 e. The lowest BCUT2D eigenvalue weighted by Gasteiger charge is -2.32. The third kappa shape index (κ3) is 16.4. The molecule has 0 bridgehead atoms. The fourth-order valence-electron chi connectivity index (χ4n) is 4.39. The van der Waals surface area contributed by atoms with Gasteiger partial charge in [0.1, 0.15) is 0 Å². The monoisotopic (exact) mass is 550 g/mol. The minimum Gasteiger partial charge on any atom is -0.392 e. The summed E-state index contributed by atoms with van der Waals surface area (Å²) in [4.78, 5) is 0. The van der Waals surface area contributed by atoms with E-state index in [-0.39, 0.29) is 12.0 Å². The standard InChI is InChI=1S/C40H54O/c1-32(19-12-21-34(3)22-13-23-35(4)24-15-26-37(6)31-41)17-10-11-18-33(2)20-14-25-36(5)28-29-39-38(7)27-16-30-40(39,8)9/h10-15,17-26,28-29,41H,16,27,30-31H2,1-9H3/b11-10+,19-12+,20-14+,22-13+,24-15+,29-28+,32-17+,33-18+,34-21+,35-23+,36-25+,37-26?. The summed E-state index contributed by atoms with van der Waals surface area (Å²) in [6.07, 6.45) is 41.7. The van der Waals surface area contributed by atoms with Gasteiger partial charge in [-0.15, -0.1) is 0 Å². The van der Waals surface area contributed by atoms with E-state index in [0.717, 1.165) is 11.1 Å². The van der Waals surface area contributed by atoms with E-state index in [1.807, 2.05) is 25.2 Å². The molecule has 0 spiro atoms. The van der Waals surface area contributed by atoms with Crippen LogP contribution in [0.25, 0.3) is 0 Å². The van der Waals surface area contributed by atoms with Gasteiger partial charge in [0.05, 0.1) is 6.61 Å². The first-order chi connectivity index (χ1) is 19.4. The van der Waals surface area contributed by atoms with Gasteiger partial charge in [0.25, 0.3) is 0 Å². The Bertz CT molecular complexity index is 1250.